The minimum absolute atomic E-state index is 0.144. The van der Waals surface area contributed by atoms with Crippen LogP contribution in [0.2, 0.25) is 4.34 Å². The minimum atomic E-state index is -3.74. The molecule has 4 nitrogen and oxygen atoms in total. The molecule has 28 heavy (non-hydrogen) atoms. The van der Waals surface area contributed by atoms with E-state index in [0.717, 1.165) is 28.0 Å². The molecule has 3 rings (SSSR count). The zero-order valence-electron chi connectivity index (χ0n) is 15.4. The van der Waals surface area contributed by atoms with Crippen LogP contribution in [0.5, 0.6) is 0 Å². The Morgan fingerprint density at radius 3 is 2.18 bits per heavy atom. The van der Waals surface area contributed by atoms with Gasteiger partial charge in [0.25, 0.3) is 0 Å². The second-order valence-corrected chi connectivity index (χ2v) is 10.1. The molecule has 0 amide bonds. The lowest BCUT2D eigenvalue weighted by atomic mass is 9.89. The molecule has 0 radical (unpaired) electrons. The van der Waals surface area contributed by atoms with E-state index in [0.29, 0.717) is 10.8 Å². The maximum absolute atomic E-state index is 12.6. The van der Waals surface area contributed by atoms with Crippen molar-refractivity contribution < 1.29 is 13.5 Å². The predicted octanol–water partition coefficient (Wildman–Crippen LogP) is 4.90. The van der Waals surface area contributed by atoms with E-state index in [-0.39, 0.29) is 16.7 Å². The van der Waals surface area contributed by atoms with Gasteiger partial charge < -0.3 is 5.11 Å². The van der Waals surface area contributed by atoms with Crippen molar-refractivity contribution in [2.24, 2.45) is 0 Å². The summed E-state index contributed by atoms with van der Waals surface area (Å²) in [7, 11) is -3.74. The number of aliphatic hydroxyl groups is 1. The molecule has 0 aliphatic carbocycles. The summed E-state index contributed by atoms with van der Waals surface area (Å²) in [6.45, 7) is 1.69. The Morgan fingerprint density at radius 1 is 1.00 bits per heavy atom. The van der Waals surface area contributed by atoms with Gasteiger partial charge in [0.1, 0.15) is 4.21 Å². The molecule has 0 saturated heterocycles. The van der Waals surface area contributed by atoms with E-state index in [1.165, 1.54) is 6.07 Å². The van der Waals surface area contributed by atoms with E-state index in [1.807, 2.05) is 61.5 Å². The molecule has 2 aromatic carbocycles. The van der Waals surface area contributed by atoms with Gasteiger partial charge in [-0.1, -0.05) is 73.1 Å². The molecular formula is C21H22ClNO3S2. The van der Waals surface area contributed by atoms with E-state index in [9.17, 15) is 13.5 Å². The molecule has 2 atom stereocenters. The summed E-state index contributed by atoms with van der Waals surface area (Å²) in [6.07, 6.45) is 0.684. The van der Waals surface area contributed by atoms with Gasteiger partial charge in [0.2, 0.25) is 10.0 Å². The SMILES string of the molecule is CC[C@@H](c1ccc(-c2ccccc2)cc1)[C@@H](CO)NS(=O)(=O)c1ccc(Cl)s1. The van der Waals surface area contributed by atoms with Crippen molar-refractivity contribution in [2.75, 3.05) is 6.61 Å². The van der Waals surface area contributed by atoms with E-state index >= 15 is 0 Å². The van der Waals surface area contributed by atoms with Gasteiger partial charge in [0.05, 0.1) is 17.0 Å². The predicted molar refractivity (Wildman–Crippen MR) is 115 cm³/mol. The zero-order valence-corrected chi connectivity index (χ0v) is 17.8. The van der Waals surface area contributed by atoms with Crippen LogP contribution in [0, 0.1) is 0 Å². The molecule has 7 heteroatoms. The van der Waals surface area contributed by atoms with Crippen molar-refractivity contribution >= 4 is 33.0 Å². The van der Waals surface area contributed by atoms with Crippen LogP contribution < -0.4 is 4.72 Å². The van der Waals surface area contributed by atoms with Gasteiger partial charge in [-0.2, -0.15) is 0 Å². The molecule has 0 aliphatic rings. The van der Waals surface area contributed by atoms with Crippen molar-refractivity contribution in [2.45, 2.75) is 29.5 Å². The monoisotopic (exact) mass is 435 g/mol. The highest BCUT2D eigenvalue weighted by molar-refractivity contribution is 7.91. The van der Waals surface area contributed by atoms with Crippen LogP contribution >= 0.6 is 22.9 Å². The number of hydrogen-bond donors (Lipinski definition) is 2. The van der Waals surface area contributed by atoms with Crippen molar-refractivity contribution in [1.82, 2.24) is 4.72 Å². The number of hydrogen-bond acceptors (Lipinski definition) is 4. The third-order valence-electron chi connectivity index (χ3n) is 4.69. The summed E-state index contributed by atoms with van der Waals surface area (Å²) in [5.74, 6) is -0.153. The lowest BCUT2D eigenvalue weighted by molar-refractivity contribution is 0.236. The topological polar surface area (TPSA) is 66.4 Å². The Hall–Kier alpha value is -1.70. The van der Waals surface area contributed by atoms with Crippen LogP contribution in [0.15, 0.2) is 70.9 Å². The van der Waals surface area contributed by atoms with E-state index < -0.39 is 16.1 Å². The van der Waals surface area contributed by atoms with Crippen LogP contribution in [0.25, 0.3) is 11.1 Å². The number of nitrogens with one attached hydrogen (secondary N) is 1. The summed E-state index contributed by atoms with van der Waals surface area (Å²) >= 11 is 6.86. The first-order valence-corrected chi connectivity index (χ1v) is 11.7. The summed E-state index contributed by atoms with van der Waals surface area (Å²) in [6, 6.07) is 20.5. The van der Waals surface area contributed by atoms with Crippen molar-refractivity contribution in [3.8, 4) is 11.1 Å². The van der Waals surface area contributed by atoms with Gasteiger partial charge in [0.15, 0.2) is 0 Å². The highest BCUT2D eigenvalue weighted by atomic mass is 35.5. The zero-order chi connectivity index (χ0) is 20.1. The standard InChI is InChI=1S/C21H22ClNO3S2/c1-2-18(17-10-8-16(9-11-17)15-6-4-3-5-7-15)19(14-24)23-28(25,26)21-13-12-20(22)27-21/h3-13,18-19,23-24H,2,14H2,1H3/t18-,19+/m0/s1. The summed E-state index contributed by atoms with van der Waals surface area (Å²) < 4.78 is 28.5. The maximum atomic E-state index is 12.6. The average molecular weight is 436 g/mol. The molecule has 0 fully saturated rings. The van der Waals surface area contributed by atoms with Gasteiger partial charge in [-0.15, -0.1) is 11.3 Å². The van der Waals surface area contributed by atoms with E-state index in [4.69, 9.17) is 11.6 Å². The first-order valence-electron chi connectivity index (χ1n) is 8.98. The van der Waals surface area contributed by atoms with Crippen LogP contribution in [0.3, 0.4) is 0 Å². The third kappa shape index (κ3) is 4.82. The Labute approximate surface area is 174 Å². The number of aliphatic hydroxyl groups excluding tert-OH is 1. The van der Waals surface area contributed by atoms with Crippen molar-refractivity contribution in [3.05, 3.63) is 76.6 Å². The van der Waals surface area contributed by atoms with Gasteiger partial charge in [-0.25, -0.2) is 13.1 Å². The van der Waals surface area contributed by atoms with E-state index in [1.54, 1.807) is 6.07 Å². The molecule has 0 spiro atoms. The smallest absolute Gasteiger partial charge is 0.250 e. The molecule has 2 N–H and O–H groups in total. The third-order valence-corrected chi connectivity index (χ3v) is 7.90. The molecule has 0 aliphatic heterocycles. The second-order valence-electron chi connectivity index (χ2n) is 6.47. The van der Waals surface area contributed by atoms with Crippen molar-refractivity contribution in [3.63, 3.8) is 0 Å². The van der Waals surface area contributed by atoms with Crippen LogP contribution in [-0.4, -0.2) is 26.2 Å². The molecule has 0 bridgehead atoms. The fraction of sp³-hybridized carbons (Fsp3) is 0.238. The fourth-order valence-corrected chi connectivity index (χ4v) is 6.02. The summed E-state index contributed by atoms with van der Waals surface area (Å²) in [5, 5.41) is 9.89. The van der Waals surface area contributed by atoms with Gasteiger partial charge in [-0.05, 0) is 35.2 Å². The molecule has 1 aromatic heterocycles. The largest absolute Gasteiger partial charge is 0.395 e. The number of thiophene rings is 1. The Kier molecular flexibility index (Phi) is 6.91. The van der Waals surface area contributed by atoms with Crippen LogP contribution in [-0.2, 0) is 10.0 Å². The number of rotatable bonds is 8. The van der Waals surface area contributed by atoms with Crippen molar-refractivity contribution in [1.29, 1.82) is 0 Å². The number of benzene rings is 2. The molecular weight excluding hydrogens is 414 g/mol. The second kappa shape index (κ2) is 9.20. The lowest BCUT2D eigenvalue weighted by Gasteiger charge is -2.26. The highest BCUT2D eigenvalue weighted by Crippen LogP contribution is 2.29. The number of sulfonamides is 1. The molecule has 1 heterocycles. The average Bonchev–Trinajstić information content (AvgIpc) is 3.16. The Balaban J connectivity index is 1.82. The Bertz CT molecular complexity index is 1000. The van der Waals surface area contributed by atoms with Gasteiger partial charge >= 0.3 is 0 Å². The van der Waals surface area contributed by atoms with Gasteiger partial charge in [0, 0.05) is 5.92 Å². The van der Waals surface area contributed by atoms with Gasteiger partial charge in [-0.3, -0.25) is 0 Å². The number of halogens is 1. The molecule has 0 unspecified atom stereocenters. The lowest BCUT2D eigenvalue weighted by Crippen LogP contribution is -2.41. The first kappa shape index (κ1) is 21.0. The normalized spacial score (nSPS) is 14.0. The fourth-order valence-electron chi connectivity index (χ4n) is 3.25. The molecule has 0 saturated carbocycles. The first-order chi connectivity index (χ1) is 13.4. The van der Waals surface area contributed by atoms with Crippen LogP contribution in [0.4, 0.5) is 0 Å². The van der Waals surface area contributed by atoms with E-state index in [2.05, 4.69) is 4.72 Å². The highest BCUT2D eigenvalue weighted by Gasteiger charge is 2.27. The summed E-state index contributed by atoms with van der Waals surface area (Å²) in [5.41, 5.74) is 3.19. The molecule has 3 aromatic rings. The minimum Gasteiger partial charge on any atom is -0.395 e. The summed E-state index contributed by atoms with van der Waals surface area (Å²) in [4.78, 5) is 0. The molecule has 148 valence electrons. The maximum Gasteiger partial charge on any atom is 0.250 e. The van der Waals surface area contributed by atoms with Crippen LogP contribution in [0.1, 0.15) is 24.8 Å². The Morgan fingerprint density at radius 2 is 1.64 bits per heavy atom. The quantitative estimate of drug-likeness (QED) is 0.528.